The lowest BCUT2D eigenvalue weighted by atomic mass is 9.68. The van der Waals surface area contributed by atoms with Crippen LogP contribution in [0.15, 0.2) is 40.9 Å². The summed E-state index contributed by atoms with van der Waals surface area (Å²) in [5.74, 6) is 3.01. The van der Waals surface area contributed by atoms with Crippen molar-refractivity contribution < 1.29 is 9.66 Å². The van der Waals surface area contributed by atoms with Crippen LogP contribution >= 0.6 is 15.9 Å². The minimum Gasteiger partial charge on any atom is -0.496 e. The second-order valence-corrected chi connectivity index (χ2v) is 8.89. The van der Waals surface area contributed by atoms with Crippen molar-refractivity contribution in [3.05, 3.63) is 62.1 Å². The van der Waals surface area contributed by atoms with Crippen molar-refractivity contribution in [3.8, 4) is 5.75 Å². The normalized spacial score (nSPS) is 30.4. The largest absolute Gasteiger partial charge is 0.496 e. The predicted molar refractivity (Wildman–Crippen MR) is 107 cm³/mol. The van der Waals surface area contributed by atoms with Crippen LogP contribution in [-0.4, -0.2) is 12.0 Å². The van der Waals surface area contributed by atoms with Crippen LogP contribution in [0, 0.1) is 27.9 Å². The van der Waals surface area contributed by atoms with Crippen LogP contribution in [0.4, 0.5) is 11.4 Å². The molecule has 1 aliphatic heterocycles. The van der Waals surface area contributed by atoms with E-state index in [9.17, 15) is 10.1 Å². The Kier molecular flexibility index (Phi) is 3.93. The van der Waals surface area contributed by atoms with Gasteiger partial charge in [-0.05, 0) is 72.8 Å². The molecule has 3 aliphatic rings. The summed E-state index contributed by atoms with van der Waals surface area (Å²) < 4.78 is 6.71. The molecule has 2 aromatic carbocycles. The summed E-state index contributed by atoms with van der Waals surface area (Å²) in [5.41, 5.74) is 3.52. The number of benzene rings is 2. The van der Waals surface area contributed by atoms with Crippen molar-refractivity contribution >= 4 is 27.3 Å². The maximum absolute atomic E-state index is 11.3. The zero-order valence-electron chi connectivity index (χ0n) is 15.0. The second kappa shape index (κ2) is 6.23. The van der Waals surface area contributed by atoms with E-state index in [4.69, 9.17) is 4.74 Å². The summed E-state index contributed by atoms with van der Waals surface area (Å²) in [7, 11) is 1.71. The number of halogens is 1. The lowest BCUT2D eigenvalue weighted by molar-refractivity contribution is -0.384. The highest BCUT2D eigenvalue weighted by Gasteiger charge is 2.54. The van der Waals surface area contributed by atoms with Crippen molar-refractivity contribution in [1.29, 1.82) is 0 Å². The van der Waals surface area contributed by atoms with Gasteiger partial charge in [-0.2, -0.15) is 0 Å². The lowest BCUT2D eigenvalue weighted by Crippen LogP contribution is -2.35. The molecule has 2 saturated carbocycles. The van der Waals surface area contributed by atoms with Gasteiger partial charge < -0.3 is 10.1 Å². The molecule has 0 amide bonds. The SMILES string of the molecule is COc1ccc(Br)cc1[C@@H]1Nc2ccc([N+](=O)[O-])cc2[C@H]2[C@H]3CC[C@@H](C3)[C@H]21. The Morgan fingerprint density at radius 3 is 2.74 bits per heavy atom. The fourth-order valence-corrected chi connectivity index (χ4v) is 6.22. The van der Waals surface area contributed by atoms with Crippen molar-refractivity contribution in [3.63, 3.8) is 0 Å². The number of nitrogens with zero attached hydrogens (tertiary/aromatic N) is 1. The smallest absolute Gasteiger partial charge is 0.269 e. The van der Waals surface area contributed by atoms with Crippen LogP contribution in [-0.2, 0) is 0 Å². The van der Waals surface area contributed by atoms with Crippen molar-refractivity contribution in [2.24, 2.45) is 17.8 Å². The van der Waals surface area contributed by atoms with Crippen LogP contribution in [0.3, 0.4) is 0 Å². The quantitative estimate of drug-likeness (QED) is 0.505. The second-order valence-electron chi connectivity index (χ2n) is 7.97. The third-order valence-corrected chi connectivity index (χ3v) is 7.30. The molecular weight excluding hydrogens is 408 g/mol. The van der Waals surface area contributed by atoms with E-state index in [0.29, 0.717) is 23.7 Å². The first-order valence-electron chi connectivity index (χ1n) is 9.45. The predicted octanol–water partition coefficient (Wildman–Crippen LogP) is 5.66. The molecule has 0 spiro atoms. The molecule has 0 unspecified atom stereocenters. The molecule has 2 aliphatic carbocycles. The van der Waals surface area contributed by atoms with Crippen LogP contribution < -0.4 is 10.1 Å². The van der Waals surface area contributed by atoms with Crippen LogP contribution in [0.1, 0.15) is 42.3 Å². The number of hydrogen-bond donors (Lipinski definition) is 1. The standard InChI is InChI=1S/C21H21BrN2O3/c1-27-18-7-4-13(22)9-16(18)21-20-12-3-2-11(8-12)19(20)15-10-14(24(25)26)5-6-17(15)23-21/h4-7,9-12,19-21,23H,2-3,8H2,1H3/t11-,12-,19+,20+,21-/m0/s1. The van der Waals surface area contributed by atoms with Gasteiger partial charge in [0, 0.05) is 27.9 Å². The molecule has 2 fully saturated rings. The van der Waals surface area contributed by atoms with Gasteiger partial charge in [-0.15, -0.1) is 0 Å². The molecule has 2 aromatic rings. The summed E-state index contributed by atoms with van der Waals surface area (Å²) in [6.07, 6.45) is 3.72. The molecule has 5 rings (SSSR count). The number of anilines is 1. The van der Waals surface area contributed by atoms with E-state index in [1.54, 1.807) is 19.2 Å². The molecule has 6 heteroatoms. The number of nitrogens with one attached hydrogen (secondary N) is 1. The molecule has 0 aromatic heterocycles. The lowest BCUT2D eigenvalue weighted by Gasteiger charge is -2.43. The highest BCUT2D eigenvalue weighted by atomic mass is 79.9. The molecule has 2 bridgehead atoms. The number of nitro benzene ring substituents is 1. The topological polar surface area (TPSA) is 64.4 Å². The number of nitro groups is 1. The third kappa shape index (κ3) is 2.57. The molecule has 5 nitrogen and oxygen atoms in total. The Labute approximate surface area is 166 Å². The molecular formula is C21H21BrN2O3. The van der Waals surface area contributed by atoms with Gasteiger partial charge >= 0.3 is 0 Å². The minimum atomic E-state index is -0.286. The number of methoxy groups -OCH3 is 1. The summed E-state index contributed by atoms with van der Waals surface area (Å²) >= 11 is 3.60. The minimum absolute atomic E-state index is 0.159. The number of fused-ring (bicyclic) bond motifs is 7. The molecule has 140 valence electrons. The van der Waals surface area contributed by atoms with E-state index in [1.807, 2.05) is 18.2 Å². The van der Waals surface area contributed by atoms with Crippen LogP contribution in [0.2, 0.25) is 0 Å². The maximum atomic E-state index is 11.3. The van der Waals surface area contributed by atoms with Gasteiger partial charge in [-0.1, -0.05) is 15.9 Å². The van der Waals surface area contributed by atoms with Crippen molar-refractivity contribution in [2.75, 3.05) is 12.4 Å². The molecule has 0 radical (unpaired) electrons. The fourth-order valence-electron chi connectivity index (χ4n) is 5.84. The monoisotopic (exact) mass is 428 g/mol. The van der Waals surface area contributed by atoms with E-state index in [-0.39, 0.29) is 16.7 Å². The zero-order valence-corrected chi connectivity index (χ0v) is 16.6. The van der Waals surface area contributed by atoms with E-state index >= 15 is 0 Å². The molecule has 1 N–H and O–H groups in total. The average molecular weight is 429 g/mol. The van der Waals surface area contributed by atoms with Gasteiger partial charge in [0.1, 0.15) is 5.75 Å². The molecule has 27 heavy (non-hydrogen) atoms. The number of ether oxygens (including phenoxy) is 1. The summed E-state index contributed by atoms with van der Waals surface area (Å²) in [6.45, 7) is 0. The average Bonchev–Trinajstić information content (AvgIpc) is 3.29. The van der Waals surface area contributed by atoms with E-state index in [2.05, 4.69) is 27.3 Å². The first-order valence-corrected chi connectivity index (χ1v) is 10.2. The van der Waals surface area contributed by atoms with Gasteiger partial charge in [-0.25, -0.2) is 0 Å². The highest BCUT2D eigenvalue weighted by molar-refractivity contribution is 9.10. The first kappa shape index (κ1) is 17.0. The molecule has 5 atom stereocenters. The van der Waals surface area contributed by atoms with Gasteiger partial charge in [0.15, 0.2) is 0 Å². The maximum Gasteiger partial charge on any atom is 0.269 e. The van der Waals surface area contributed by atoms with Crippen LogP contribution in [0.5, 0.6) is 5.75 Å². The van der Waals surface area contributed by atoms with E-state index in [1.165, 1.54) is 24.8 Å². The Balaban J connectivity index is 1.65. The van der Waals surface area contributed by atoms with E-state index in [0.717, 1.165) is 21.5 Å². The van der Waals surface area contributed by atoms with E-state index < -0.39 is 0 Å². The Hall–Kier alpha value is -2.08. The molecule has 1 heterocycles. The van der Waals surface area contributed by atoms with Crippen molar-refractivity contribution in [1.82, 2.24) is 0 Å². The van der Waals surface area contributed by atoms with Gasteiger partial charge in [0.05, 0.1) is 18.1 Å². The van der Waals surface area contributed by atoms with Gasteiger partial charge in [-0.3, -0.25) is 10.1 Å². The summed E-state index contributed by atoms with van der Waals surface area (Å²) in [6, 6.07) is 11.6. The summed E-state index contributed by atoms with van der Waals surface area (Å²) in [4.78, 5) is 11.0. The zero-order chi connectivity index (χ0) is 18.7. The third-order valence-electron chi connectivity index (χ3n) is 6.81. The Bertz CT molecular complexity index is 932. The Morgan fingerprint density at radius 1 is 1.15 bits per heavy atom. The number of hydrogen-bond acceptors (Lipinski definition) is 4. The van der Waals surface area contributed by atoms with Crippen molar-refractivity contribution in [2.45, 2.75) is 31.2 Å². The fraction of sp³-hybridized carbons (Fsp3) is 0.429. The molecule has 0 saturated heterocycles. The number of rotatable bonds is 3. The Morgan fingerprint density at radius 2 is 1.96 bits per heavy atom. The van der Waals surface area contributed by atoms with Gasteiger partial charge in [0.2, 0.25) is 0 Å². The summed E-state index contributed by atoms with van der Waals surface area (Å²) in [5, 5.41) is 15.0. The first-order chi connectivity index (χ1) is 13.1. The van der Waals surface area contributed by atoms with Crippen LogP contribution in [0.25, 0.3) is 0 Å². The van der Waals surface area contributed by atoms with Gasteiger partial charge in [0.25, 0.3) is 5.69 Å². The highest BCUT2D eigenvalue weighted by Crippen LogP contribution is 2.64. The number of non-ortho nitro benzene ring substituents is 1.